The summed E-state index contributed by atoms with van der Waals surface area (Å²) in [5, 5.41) is 6.81. The fraction of sp³-hybridized carbons (Fsp3) is 0.389. The highest BCUT2D eigenvalue weighted by molar-refractivity contribution is 5.75. The first-order chi connectivity index (χ1) is 12.7. The zero-order valence-electron chi connectivity index (χ0n) is 14.6. The fourth-order valence-electron chi connectivity index (χ4n) is 2.67. The van der Waals surface area contributed by atoms with Gasteiger partial charge in [-0.3, -0.25) is 4.98 Å². The third-order valence-electron chi connectivity index (χ3n) is 4.28. The maximum absolute atomic E-state index is 12.2. The Morgan fingerprint density at radius 2 is 2.08 bits per heavy atom. The SMILES string of the molecule is CN(Cc1cnc2ccccc2n1)C(=O)NCCc1noc(C2CC2)n1. The van der Waals surface area contributed by atoms with E-state index >= 15 is 0 Å². The van der Waals surface area contributed by atoms with E-state index in [1.165, 1.54) is 0 Å². The third kappa shape index (κ3) is 3.79. The van der Waals surface area contributed by atoms with Crippen LogP contribution in [0.5, 0.6) is 0 Å². The lowest BCUT2D eigenvalue weighted by Crippen LogP contribution is -2.38. The number of aromatic nitrogens is 4. The summed E-state index contributed by atoms with van der Waals surface area (Å²) in [6, 6.07) is 7.49. The van der Waals surface area contributed by atoms with Gasteiger partial charge < -0.3 is 14.7 Å². The number of amides is 2. The largest absolute Gasteiger partial charge is 0.339 e. The number of hydrogen-bond donors (Lipinski definition) is 1. The van der Waals surface area contributed by atoms with Gasteiger partial charge in [0.1, 0.15) is 0 Å². The molecule has 0 atom stereocenters. The van der Waals surface area contributed by atoms with E-state index in [-0.39, 0.29) is 6.03 Å². The Kier molecular flexibility index (Phi) is 4.47. The molecule has 1 aliphatic rings. The van der Waals surface area contributed by atoms with E-state index in [0.717, 1.165) is 35.5 Å². The van der Waals surface area contributed by atoms with Gasteiger partial charge in [-0.15, -0.1) is 0 Å². The molecule has 1 N–H and O–H groups in total. The smallest absolute Gasteiger partial charge is 0.317 e. The van der Waals surface area contributed by atoms with Crippen LogP contribution in [0.4, 0.5) is 4.79 Å². The highest BCUT2D eigenvalue weighted by atomic mass is 16.5. The molecule has 0 spiro atoms. The van der Waals surface area contributed by atoms with E-state index in [0.29, 0.717) is 31.3 Å². The number of nitrogens with one attached hydrogen (secondary N) is 1. The van der Waals surface area contributed by atoms with Gasteiger partial charge in [-0.2, -0.15) is 4.98 Å². The Morgan fingerprint density at radius 1 is 1.27 bits per heavy atom. The van der Waals surface area contributed by atoms with Crippen molar-refractivity contribution in [1.29, 1.82) is 0 Å². The van der Waals surface area contributed by atoms with Crippen molar-refractivity contribution in [2.24, 2.45) is 0 Å². The molecule has 8 nitrogen and oxygen atoms in total. The van der Waals surface area contributed by atoms with Crippen LogP contribution in [0.3, 0.4) is 0 Å². The van der Waals surface area contributed by atoms with E-state index in [9.17, 15) is 4.79 Å². The minimum Gasteiger partial charge on any atom is -0.339 e. The molecule has 2 amide bonds. The highest BCUT2D eigenvalue weighted by Gasteiger charge is 2.29. The summed E-state index contributed by atoms with van der Waals surface area (Å²) >= 11 is 0. The number of carbonyl (C=O) groups is 1. The maximum atomic E-state index is 12.2. The molecule has 1 aromatic carbocycles. The summed E-state index contributed by atoms with van der Waals surface area (Å²) in [4.78, 5) is 27.1. The minimum atomic E-state index is -0.175. The molecule has 0 unspecified atom stereocenters. The zero-order chi connectivity index (χ0) is 17.9. The van der Waals surface area contributed by atoms with Crippen LogP contribution in [0, 0.1) is 0 Å². The van der Waals surface area contributed by atoms with Gasteiger partial charge in [0.2, 0.25) is 5.89 Å². The first-order valence-corrected chi connectivity index (χ1v) is 8.71. The second-order valence-electron chi connectivity index (χ2n) is 6.51. The number of para-hydroxylation sites is 2. The van der Waals surface area contributed by atoms with Crippen LogP contribution in [0.25, 0.3) is 11.0 Å². The average molecular weight is 352 g/mol. The van der Waals surface area contributed by atoms with Crippen molar-refractivity contribution in [1.82, 2.24) is 30.3 Å². The zero-order valence-corrected chi connectivity index (χ0v) is 14.6. The predicted octanol–water partition coefficient (Wildman–Crippen LogP) is 2.27. The summed E-state index contributed by atoms with van der Waals surface area (Å²) in [5.74, 6) is 1.80. The number of nitrogens with zero attached hydrogens (tertiary/aromatic N) is 5. The molecule has 0 aliphatic heterocycles. The molecule has 0 saturated heterocycles. The predicted molar refractivity (Wildman–Crippen MR) is 94.4 cm³/mol. The third-order valence-corrected chi connectivity index (χ3v) is 4.28. The molecule has 1 saturated carbocycles. The van der Waals surface area contributed by atoms with Crippen molar-refractivity contribution in [2.75, 3.05) is 13.6 Å². The molecule has 2 aromatic heterocycles. The number of fused-ring (bicyclic) bond motifs is 1. The molecule has 26 heavy (non-hydrogen) atoms. The Bertz CT molecular complexity index is 921. The minimum absolute atomic E-state index is 0.175. The van der Waals surface area contributed by atoms with Gasteiger partial charge in [0, 0.05) is 25.9 Å². The second kappa shape index (κ2) is 7.07. The molecule has 8 heteroatoms. The van der Waals surface area contributed by atoms with Gasteiger partial charge in [0.15, 0.2) is 5.82 Å². The van der Waals surface area contributed by atoms with E-state index < -0.39 is 0 Å². The summed E-state index contributed by atoms with van der Waals surface area (Å²) in [5.41, 5.74) is 2.41. The summed E-state index contributed by atoms with van der Waals surface area (Å²) in [6.45, 7) is 0.841. The quantitative estimate of drug-likeness (QED) is 0.731. The number of carbonyl (C=O) groups excluding carboxylic acids is 1. The van der Waals surface area contributed by atoms with Crippen LogP contribution in [0.2, 0.25) is 0 Å². The van der Waals surface area contributed by atoms with Crippen molar-refractivity contribution < 1.29 is 9.32 Å². The standard InChI is InChI=1S/C18H20N6O2/c1-24(11-13-10-20-14-4-2-3-5-15(14)21-13)18(25)19-9-8-16-22-17(26-23-16)12-6-7-12/h2-5,10,12H,6-9,11H2,1H3,(H,19,25). The lowest BCUT2D eigenvalue weighted by molar-refractivity contribution is 0.206. The molecule has 1 fully saturated rings. The van der Waals surface area contributed by atoms with Crippen molar-refractivity contribution in [3.8, 4) is 0 Å². The Balaban J connectivity index is 1.27. The number of benzene rings is 1. The highest BCUT2D eigenvalue weighted by Crippen LogP contribution is 2.38. The van der Waals surface area contributed by atoms with Gasteiger partial charge in [0.05, 0.1) is 29.5 Å². The van der Waals surface area contributed by atoms with Crippen molar-refractivity contribution in [3.63, 3.8) is 0 Å². The van der Waals surface area contributed by atoms with Crippen LogP contribution < -0.4 is 5.32 Å². The van der Waals surface area contributed by atoms with Crippen LogP contribution in [-0.2, 0) is 13.0 Å². The van der Waals surface area contributed by atoms with E-state index in [1.54, 1.807) is 18.1 Å². The van der Waals surface area contributed by atoms with Gasteiger partial charge in [0.25, 0.3) is 0 Å². The molecule has 0 radical (unpaired) electrons. The Hall–Kier alpha value is -3.03. The van der Waals surface area contributed by atoms with Crippen LogP contribution in [0.1, 0.15) is 36.2 Å². The van der Waals surface area contributed by atoms with Crippen LogP contribution >= 0.6 is 0 Å². The molecule has 2 heterocycles. The second-order valence-corrected chi connectivity index (χ2v) is 6.51. The van der Waals surface area contributed by atoms with E-state index in [2.05, 4.69) is 25.4 Å². The first kappa shape index (κ1) is 16.4. The fourth-order valence-corrected chi connectivity index (χ4v) is 2.67. The summed E-state index contributed by atoms with van der Waals surface area (Å²) in [6.07, 6.45) is 4.50. The Labute approximate surface area is 150 Å². The van der Waals surface area contributed by atoms with Crippen molar-refractivity contribution in [3.05, 3.63) is 47.9 Å². The number of hydrogen-bond acceptors (Lipinski definition) is 6. The summed E-state index contributed by atoms with van der Waals surface area (Å²) in [7, 11) is 1.73. The molecule has 1 aliphatic carbocycles. The average Bonchev–Trinajstić information content (AvgIpc) is 3.40. The summed E-state index contributed by atoms with van der Waals surface area (Å²) < 4.78 is 5.21. The molecular formula is C18H20N6O2. The van der Waals surface area contributed by atoms with E-state index in [1.807, 2.05) is 24.3 Å². The molecule has 0 bridgehead atoms. The van der Waals surface area contributed by atoms with Gasteiger partial charge in [-0.05, 0) is 25.0 Å². The van der Waals surface area contributed by atoms with Crippen LogP contribution in [0.15, 0.2) is 35.0 Å². The number of urea groups is 1. The molecule has 3 aromatic rings. The van der Waals surface area contributed by atoms with Crippen molar-refractivity contribution >= 4 is 17.1 Å². The maximum Gasteiger partial charge on any atom is 0.317 e. The van der Waals surface area contributed by atoms with Gasteiger partial charge in [-0.1, -0.05) is 17.3 Å². The topological polar surface area (TPSA) is 97.0 Å². The van der Waals surface area contributed by atoms with Crippen molar-refractivity contribution in [2.45, 2.75) is 31.7 Å². The Morgan fingerprint density at radius 3 is 2.88 bits per heavy atom. The molecule has 134 valence electrons. The lowest BCUT2D eigenvalue weighted by Gasteiger charge is -2.17. The molecule has 4 rings (SSSR count). The normalized spacial score (nSPS) is 13.7. The monoisotopic (exact) mass is 352 g/mol. The first-order valence-electron chi connectivity index (χ1n) is 8.71. The van der Waals surface area contributed by atoms with E-state index in [4.69, 9.17) is 4.52 Å². The van der Waals surface area contributed by atoms with Gasteiger partial charge in [-0.25, -0.2) is 9.78 Å². The number of rotatable bonds is 6. The lowest BCUT2D eigenvalue weighted by atomic mass is 10.3. The van der Waals surface area contributed by atoms with Gasteiger partial charge >= 0.3 is 6.03 Å². The van der Waals surface area contributed by atoms with Crippen LogP contribution in [-0.4, -0.2) is 44.6 Å². The molecular weight excluding hydrogens is 332 g/mol.